The SMILES string of the molecule is COc1ccccc1Nc1cc(NC(C)(C)C)ncn1. The van der Waals surface area contributed by atoms with Crippen LogP contribution in [0.15, 0.2) is 36.7 Å². The van der Waals surface area contributed by atoms with Crippen LogP contribution < -0.4 is 15.4 Å². The van der Waals surface area contributed by atoms with Crippen LogP contribution in [-0.2, 0) is 0 Å². The molecule has 1 aromatic heterocycles. The van der Waals surface area contributed by atoms with Gasteiger partial charge in [-0.05, 0) is 32.9 Å². The first-order chi connectivity index (χ1) is 9.48. The van der Waals surface area contributed by atoms with Gasteiger partial charge >= 0.3 is 0 Å². The van der Waals surface area contributed by atoms with E-state index in [9.17, 15) is 0 Å². The molecule has 0 radical (unpaired) electrons. The van der Waals surface area contributed by atoms with Gasteiger partial charge in [-0.15, -0.1) is 0 Å². The van der Waals surface area contributed by atoms with Crippen molar-refractivity contribution in [2.24, 2.45) is 0 Å². The summed E-state index contributed by atoms with van der Waals surface area (Å²) in [5.41, 5.74) is 0.825. The van der Waals surface area contributed by atoms with E-state index >= 15 is 0 Å². The summed E-state index contributed by atoms with van der Waals surface area (Å²) < 4.78 is 5.31. The van der Waals surface area contributed by atoms with Crippen LogP contribution in [-0.4, -0.2) is 22.6 Å². The van der Waals surface area contributed by atoms with Gasteiger partial charge in [0.25, 0.3) is 0 Å². The summed E-state index contributed by atoms with van der Waals surface area (Å²) in [7, 11) is 1.65. The maximum atomic E-state index is 5.31. The Balaban J connectivity index is 2.19. The summed E-state index contributed by atoms with van der Waals surface area (Å²) in [4.78, 5) is 8.44. The molecule has 0 fully saturated rings. The van der Waals surface area contributed by atoms with E-state index in [1.807, 2.05) is 30.3 Å². The third-order valence-electron chi connectivity index (χ3n) is 2.54. The highest BCUT2D eigenvalue weighted by Crippen LogP contribution is 2.26. The van der Waals surface area contributed by atoms with Crippen LogP contribution in [0.5, 0.6) is 5.75 Å². The molecule has 5 nitrogen and oxygen atoms in total. The monoisotopic (exact) mass is 272 g/mol. The molecule has 0 spiro atoms. The van der Waals surface area contributed by atoms with E-state index in [0.717, 1.165) is 23.1 Å². The van der Waals surface area contributed by atoms with Crippen molar-refractivity contribution in [1.29, 1.82) is 0 Å². The minimum atomic E-state index is -0.0456. The maximum Gasteiger partial charge on any atom is 0.142 e. The minimum absolute atomic E-state index is 0.0456. The highest BCUT2D eigenvalue weighted by Gasteiger charge is 2.11. The zero-order valence-corrected chi connectivity index (χ0v) is 12.3. The van der Waals surface area contributed by atoms with Gasteiger partial charge < -0.3 is 15.4 Å². The number of rotatable bonds is 4. The molecule has 0 amide bonds. The first-order valence-electron chi connectivity index (χ1n) is 6.48. The summed E-state index contributed by atoms with van der Waals surface area (Å²) in [5, 5.41) is 6.55. The maximum absolute atomic E-state index is 5.31. The summed E-state index contributed by atoms with van der Waals surface area (Å²) in [5.74, 6) is 2.28. The molecule has 0 atom stereocenters. The number of hydrogen-bond donors (Lipinski definition) is 2. The lowest BCUT2D eigenvalue weighted by atomic mass is 10.1. The fraction of sp³-hybridized carbons (Fsp3) is 0.333. The molecule has 0 bridgehead atoms. The fourth-order valence-corrected chi connectivity index (χ4v) is 1.76. The van der Waals surface area contributed by atoms with Gasteiger partial charge in [0.05, 0.1) is 12.8 Å². The lowest BCUT2D eigenvalue weighted by Gasteiger charge is -2.21. The summed E-state index contributed by atoms with van der Waals surface area (Å²) in [6, 6.07) is 9.59. The number of ether oxygens (including phenoxy) is 1. The fourth-order valence-electron chi connectivity index (χ4n) is 1.76. The molecule has 0 saturated heterocycles. The van der Waals surface area contributed by atoms with Crippen molar-refractivity contribution in [3.63, 3.8) is 0 Å². The van der Waals surface area contributed by atoms with Crippen molar-refractivity contribution < 1.29 is 4.74 Å². The first-order valence-corrected chi connectivity index (χ1v) is 6.48. The van der Waals surface area contributed by atoms with Crippen molar-refractivity contribution in [3.05, 3.63) is 36.7 Å². The van der Waals surface area contributed by atoms with E-state index in [4.69, 9.17) is 4.74 Å². The van der Waals surface area contributed by atoms with Crippen molar-refractivity contribution in [2.75, 3.05) is 17.7 Å². The molecule has 5 heteroatoms. The zero-order chi connectivity index (χ0) is 14.6. The highest BCUT2D eigenvalue weighted by molar-refractivity contribution is 5.65. The van der Waals surface area contributed by atoms with Gasteiger partial charge in [-0.25, -0.2) is 9.97 Å². The quantitative estimate of drug-likeness (QED) is 0.892. The Labute approximate surface area is 119 Å². The van der Waals surface area contributed by atoms with Crippen molar-refractivity contribution in [2.45, 2.75) is 26.3 Å². The average Bonchev–Trinajstić information content (AvgIpc) is 2.38. The number of anilines is 3. The normalized spacial score (nSPS) is 11.0. The highest BCUT2D eigenvalue weighted by atomic mass is 16.5. The third kappa shape index (κ3) is 3.85. The molecule has 0 saturated carbocycles. The molecule has 2 rings (SSSR count). The lowest BCUT2D eigenvalue weighted by molar-refractivity contribution is 0.417. The molecule has 2 N–H and O–H groups in total. The average molecular weight is 272 g/mol. The van der Waals surface area contributed by atoms with Crippen LogP contribution in [0.25, 0.3) is 0 Å². The molecular formula is C15H20N4O. The zero-order valence-electron chi connectivity index (χ0n) is 12.3. The predicted octanol–water partition coefficient (Wildman–Crippen LogP) is 3.44. The van der Waals surface area contributed by atoms with E-state index in [1.165, 1.54) is 6.33 Å². The number of methoxy groups -OCH3 is 1. The van der Waals surface area contributed by atoms with E-state index in [2.05, 4.69) is 41.4 Å². The Hall–Kier alpha value is -2.30. The lowest BCUT2D eigenvalue weighted by Crippen LogP contribution is -2.26. The second-order valence-corrected chi connectivity index (χ2v) is 5.49. The molecule has 1 heterocycles. The number of aromatic nitrogens is 2. The van der Waals surface area contributed by atoms with Crippen LogP contribution >= 0.6 is 0 Å². The van der Waals surface area contributed by atoms with Gasteiger partial charge in [0.1, 0.15) is 23.7 Å². The number of nitrogens with one attached hydrogen (secondary N) is 2. The molecule has 106 valence electrons. The standard InChI is InChI=1S/C15H20N4O/c1-15(2,3)19-14-9-13(16-10-17-14)18-11-7-5-6-8-12(11)20-4/h5-10H,1-4H3,(H2,16,17,18,19). The molecule has 0 aliphatic heterocycles. The summed E-state index contributed by atoms with van der Waals surface area (Å²) >= 11 is 0. The molecule has 1 aromatic carbocycles. The molecule has 20 heavy (non-hydrogen) atoms. The Morgan fingerprint density at radius 2 is 1.75 bits per heavy atom. The summed E-state index contributed by atoms with van der Waals surface area (Å²) in [6.45, 7) is 6.26. The number of nitrogens with zero attached hydrogens (tertiary/aromatic N) is 2. The Bertz CT molecular complexity index is 578. The van der Waals surface area contributed by atoms with Crippen LogP contribution in [0.3, 0.4) is 0 Å². The second-order valence-electron chi connectivity index (χ2n) is 5.49. The number of hydrogen-bond acceptors (Lipinski definition) is 5. The van der Waals surface area contributed by atoms with Gasteiger partial charge in [-0.1, -0.05) is 12.1 Å². The largest absolute Gasteiger partial charge is 0.495 e. The van der Waals surface area contributed by atoms with Crippen LogP contribution in [0.1, 0.15) is 20.8 Å². The van der Waals surface area contributed by atoms with E-state index < -0.39 is 0 Å². The smallest absolute Gasteiger partial charge is 0.142 e. The Kier molecular flexibility index (Phi) is 4.08. The molecule has 0 aliphatic carbocycles. The summed E-state index contributed by atoms with van der Waals surface area (Å²) in [6.07, 6.45) is 1.53. The number of para-hydroxylation sites is 2. The molecular weight excluding hydrogens is 252 g/mol. The molecule has 0 aliphatic rings. The van der Waals surface area contributed by atoms with Crippen LogP contribution in [0, 0.1) is 0 Å². The van der Waals surface area contributed by atoms with Gasteiger partial charge in [0.2, 0.25) is 0 Å². The van der Waals surface area contributed by atoms with Crippen LogP contribution in [0.2, 0.25) is 0 Å². The van der Waals surface area contributed by atoms with Gasteiger partial charge in [0, 0.05) is 11.6 Å². The second kappa shape index (κ2) is 5.77. The predicted molar refractivity (Wildman–Crippen MR) is 81.7 cm³/mol. The first kappa shape index (κ1) is 14.1. The van der Waals surface area contributed by atoms with Gasteiger partial charge in [-0.2, -0.15) is 0 Å². The van der Waals surface area contributed by atoms with E-state index in [0.29, 0.717) is 0 Å². The minimum Gasteiger partial charge on any atom is -0.495 e. The van der Waals surface area contributed by atoms with Crippen LogP contribution in [0.4, 0.5) is 17.3 Å². The number of benzene rings is 1. The topological polar surface area (TPSA) is 59.1 Å². The third-order valence-corrected chi connectivity index (χ3v) is 2.54. The molecule has 2 aromatic rings. The molecule has 0 unspecified atom stereocenters. The van der Waals surface area contributed by atoms with E-state index in [-0.39, 0.29) is 5.54 Å². The van der Waals surface area contributed by atoms with Gasteiger partial charge in [-0.3, -0.25) is 0 Å². The van der Waals surface area contributed by atoms with E-state index in [1.54, 1.807) is 7.11 Å². The van der Waals surface area contributed by atoms with Crippen molar-refractivity contribution in [3.8, 4) is 5.75 Å². The Morgan fingerprint density at radius 3 is 2.45 bits per heavy atom. The Morgan fingerprint density at radius 1 is 1.05 bits per heavy atom. The van der Waals surface area contributed by atoms with Gasteiger partial charge in [0.15, 0.2) is 0 Å². The van der Waals surface area contributed by atoms with Crippen molar-refractivity contribution in [1.82, 2.24) is 9.97 Å². The van der Waals surface area contributed by atoms with Crippen molar-refractivity contribution >= 4 is 17.3 Å².